The minimum atomic E-state index is -0.303. The minimum Gasteiger partial charge on any atom is -0.207 e. The van der Waals surface area contributed by atoms with Gasteiger partial charge in [0, 0.05) is 4.88 Å². The molecule has 0 N–H and O–H groups in total. The van der Waals surface area contributed by atoms with Crippen LogP contribution in [0.1, 0.15) is 21.4 Å². The Morgan fingerprint density at radius 2 is 2.06 bits per heavy atom. The normalized spacial score (nSPS) is 12.8. The molecule has 0 radical (unpaired) electrons. The van der Waals surface area contributed by atoms with Gasteiger partial charge in [-0.25, -0.2) is 4.39 Å². The van der Waals surface area contributed by atoms with Gasteiger partial charge >= 0.3 is 0 Å². The first-order valence-electron chi connectivity index (χ1n) is 4.84. The summed E-state index contributed by atoms with van der Waals surface area (Å²) in [4.78, 5) is 0.939. The van der Waals surface area contributed by atoms with E-state index in [-0.39, 0.29) is 11.2 Å². The van der Waals surface area contributed by atoms with Crippen LogP contribution in [0.2, 0.25) is 5.02 Å². The number of hydrogen-bond donors (Lipinski definition) is 0. The number of thiophene rings is 1. The quantitative estimate of drug-likeness (QED) is 0.586. The summed E-state index contributed by atoms with van der Waals surface area (Å²) in [6, 6.07) is 6.72. The highest BCUT2D eigenvalue weighted by Gasteiger charge is 2.16. The molecule has 0 spiro atoms. The van der Waals surface area contributed by atoms with E-state index in [0.29, 0.717) is 10.6 Å². The van der Waals surface area contributed by atoms with Crippen molar-refractivity contribution in [3.63, 3.8) is 0 Å². The van der Waals surface area contributed by atoms with E-state index in [1.807, 2.05) is 6.07 Å². The van der Waals surface area contributed by atoms with Gasteiger partial charge in [-0.05, 0) is 46.1 Å². The van der Waals surface area contributed by atoms with Gasteiger partial charge in [0.2, 0.25) is 0 Å². The predicted octanol–water partition coefficient (Wildman–Crippen LogP) is 5.94. The predicted molar refractivity (Wildman–Crippen MR) is 75.9 cm³/mol. The first-order chi connectivity index (χ1) is 7.99. The molecular weight excluding hydrogens is 346 g/mol. The second-order valence-electron chi connectivity index (χ2n) is 3.64. The van der Waals surface area contributed by atoms with Gasteiger partial charge in [-0.15, -0.1) is 22.9 Å². The maximum atomic E-state index is 13.2. The molecule has 0 nitrogen and oxygen atoms in total. The van der Waals surface area contributed by atoms with Gasteiger partial charge in [0.1, 0.15) is 5.82 Å². The van der Waals surface area contributed by atoms with Crippen LogP contribution in [-0.2, 0) is 0 Å². The Balaban J connectivity index is 2.36. The Kier molecular flexibility index (Phi) is 4.14. The Labute approximate surface area is 121 Å². The van der Waals surface area contributed by atoms with E-state index in [2.05, 4.69) is 15.9 Å². The summed E-state index contributed by atoms with van der Waals surface area (Å²) in [5.74, 6) is -0.219. The van der Waals surface area contributed by atoms with Crippen molar-refractivity contribution in [2.24, 2.45) is 0 Å². The lowest BCUT2D eigenvalue weighted by atomic mass is 10.1. The van der Waals surface area contributed by atoms with E-state index in [4.69, 9.17) is 23.2 Å². The molecule has 0 fully saturated rings. The maximum absolute atomic E-state index is 13.2. The molecule has 1 aromatic heterocycles. The number of rotatable bonds is 2. The first-order valence-corrected chi connectivity index (χ1v) is 7.26. The van der Waals surface area contributed by atoms with E-state index in [1.165, 1.54) is 17.4 Å². The van der Waals surface area contributed by atoms with Crippen LogP contribution in [0.15, 0.2) is 28.1 Å². The van der Waals surface area contributed by atoms with Crippen LogP contribution in [0.4, 0.5) is 4.39 Å². The lowest BCUT2D eigenvalue weighted by Gasteiger charge is -2.08. The summed E-state index contributed by atoms with van der Waals surface area (Å²) in [5, 5.41) is 0.345. The molecule has 0 saturated heterocycles. The third-order valence-corrected chi connectivity index (χ3v) is 5.54. The summed E-state index contributed by atoms with van der Waals surface area (Å²) in [5.41, 5.74) is 1.46. The fourth-order valence-electron chi connectivity index (χ4n) is 1.48. The summed E-state index contributed by atoms with van der Waals surface area (Å²) in [6.07, 6.45) is 0. The van der Waals surface area contributed by atoms with Crippen LogP contribution >= 0.6 is 50.5 Å². The Morgan fingerprint density at radius 3 is 2.59 bits per heavy atom. The maximum Gasteiger partial charge on any atom is 0.126 e. The molecule has 1 atom stereocenters. The summed E-state index contributed by atoms with van der Waals surface area (Å²) < 4.78 is 14.0. The number of hydrogen-bond acceptors (Lipinski definition) is 1. The molecule has 0 saturated carbocycles. The van der Waals surface area contributed by atoms with Crippen molar-refractivity contribution in [2.75, 3.05) is 0 Å². The van der Waals surface area contributed by atoms with Crippen molar-refractivity contribution >= 4 is 50.5 Å². The highest BCUT2D eigenvalue weighted by molar-refractivity contribution is 9.11. The molecule has 0 aliphatic carbocycles. The molecule has 2 aromatic rings. The summed E-state index contributed by atoms with van der Waals surface area (Å²) in [6.45, 7) is 1.72. The summed E-state index contributed by atoms with van der Waals surface area (Å²) in [7, 11) is 0. The number of halogens is 4. The molecule has 0 aliphatic rings. The third kappa shape index (κ3) is 2.84. The Morgan fingerprint density at radius 1 is 1.35 bits per heavy atom. The highest BCUT2D eigenvalue weighted by atomic mass is 79.9. The van der Waals surface area contributed by atoms with E-state index in [9.17, 15) is 4.39 Å². The highest BCUT2D eigenvalue weighted by Crippen LogP contribution is 2.40. The SMILES string of the molecule is Cc1cc(C(Cl)c2cc(Cl)c(Br)s2)ccc1F. The van der Waals surface area contributed by atoms with E-state index < -0.39 is 0 Å². The molecule has 2 rings (SSSR count). The van der Waals surface area contributed by atoms with Gasteiger partial charge in [-0.2, -0.15) is 0 Å². The first kappa shape index (κ1) is 13.3. The molecule has 0 aliphatic heterocycles. The molecule has 0 bridgehead atoms. The van der Waals surface area contributed by atoms with Gasteiger partial charge in [0.05, 0.1) is 14.2 Å². The van der Waals surface area contributed by atoms with Crippen LogP contribution in [0.3, 0.4) is 0 Å². The molecule has 1 unspecified atom stereocenters. The average Bonchev–Trinajstić information content (AvgIpc) is 2.62. The zero-order chi connectivity index (χ0) is 12.6. The number of aryl methyl sites for hydroxylation is 1. The second kappa shape index (κ2) is 5.27. The van der Waals surface area contributed by atoms with Crippen LogP contribution in [0.25, 0.3) is 0 Å². The van der Waals surface area contributed by atoms with Crippen molar-refractivity contribution in [1.29, 1.82) is 0 Å². The standard InChI is InChI=1S/C12H8BrCl2FS/c1-6-4-7(2-3-9(6)16)11(15)10-5-8(14)12(13)17-10/h2-5,11H,1H3. The van der Waals surface area contributed by atoms with Gasteiger partial charge in [-0.3, -0.25) is 0 Å². The van der Waals surface area contributed by atoms with E-state index in [1.54, 1.807) is 19.1 Å². The van der Waals surface area contributed by atoms with Gasteiger partial charge in [0.25, 0.3) is 0 Å². The largest absolute Gasteiger partial charge is 0.207 e. The van der Waals surface area contributed by atoms with E-state index >= 15 is 0 Å². The molecule has 17 heavy (non-hydrogen) atoms. The smallest absolute Gasteiger partial charge is 0.126 e. The molecule has 90 valence electrons. The van der Waals surface area contributed by atoms with Crippen molar-refractivity contribution in [3.05, 3.63) is 54.9 Å². The van der Waals surface area contributed by atoms with E-state index in [0.717, 1.165) is 14.2 Å². The van der Waals surface area contributed by atoms with Crippen LogP contribution < -0.4 is 0 Å². The molecule has 1 heterocycles. The second-order valence-corrected chi connectivity index (χ2v) is 6.89. The Bertz CT molecular complexity index is 534. The average molecular weight is 354 g/mol. The zero-order valence-corrected chi connectivity index (χ0v) is 12.7. The van der Waals surface area contributed by atoms with Crippen molar-refractivity contribution in [1.82, 2.24) is 0 Å². The lowest BCUT2D eigenvalue weighted by Crippen LogP contribution is -1.92. The van der Waals surface area contributed by atoms with Gasteiger partial charge in [0.15, 0.2) is 0 Å². The van der Waals surface area contributed by atoms with Crippen LogP contribution in [-0.4, -0.2) is 0 Å². The Hall–Kier alpha value is -0.0900. The molecule has 1 aromatic carbocycles. The lowest BCUT2D eigenvalue weighted by molar-refractivity contribution is 0.617. The fraction of sp³-hybridized carbons (Fsp3) is 0.167. The third-order valence-electron chi connectivity index (χ3n) is 2.39. The van der Waals surface area contributed by atoms with Crippen molar-refractivity contribution < 1.29 is 4.39 Å². The van der Waals surface area contributed by atoms with Gasteiger partial charge < -0.3 is 0 Å². The minimum absolute atomic E-state index is 0.219. The van der Waals surface area contributed by atoms with Crippen LogP contribution in [0.5, 0.6) is 0 Å². The molecular formula is C12H8BrCl2FS. The van der Waals surface area contributed by atoms with Crippen molar-refractivity contribution in [3.8, 4) is 0 Å². The van der Waals surface area contributed by atoms with Gasteiger partial charge in [-0.1, -0.05) is 23.7 Å². The zero-order valence-electron chi connectivity index (χ0n) is 8.81. The molecule has 0 amide bonds. The fourth-order valence-corrected chi connectivity index (χ4v) is 3.56. The number of benzene rings is 1. The summed E-state index contributed by atoms with van der Waals surface area (Å²) >= 11 is 17.1. The van der Waals surface area contributed by atoms with Crippen molar-refractivity contribution in [2.45, 2.75) is 12.3 Å². The molecule has 5 heteroatoms. The number of alkyl halides is 1. The topological polar surface area (TPSA) is 0 Å². The monoisotopic (exact) mass is 352 g/mol. The van der Waals surface area contributed by atoms with Crippen LogP contribution in [0, 0.1) is 12.7 Å².